The molecule has 0 heterocycles. The third kappa shape index (κ3) is 43.1. The summed E-state index contributed by atoms with van der Waals surface area (Å²) in [6.07, 6.45) is 46.7. The number of carbonyl (C=O) groups is 2. The molecular formula is C48H83NO9P+. The van der Waals surface area contributed by atoms with Gasteiger partial charge in [-0.2, -0.15) is 0 Å². The molecule has 0 aliphatic carbocycles. The highest BCUT2D eigenvalue weighted by Crippen LogP contribution is 2.43. The number of hydrogen-bond donors (Lipinski definition) is 2. The Kier molecular flexibility index (Phi) is 37.4. The van der Waals surface area contributed by atoms with Crippen LogP contribution >= 0.6 is 7.82 Å². The van der Waals surface area contributed by atoms with E-state index in [9.17, 15) is 24.2 Å². The Bertz CT molecular complexity index is 1300. The van der Waals surface area contributed by atoms with Crippen LogP contribution in [0.15, 0.2) is 85.1 Å². The SMILES string of the molecule is CCCCC/C=C\C/C=C\CC(O)/C=C\C=C\CCCC(=O)O[C@H](COC(=O)CCC/C=C\C/C=C\C/C=C\CCCCCCCC)COP(=O)(O)OCC[N+](C)(C)C. The van der Waals surface area contributed by atoms with Crippen molar-refractivity contribution < 1.29 is 47.2 Å². The molecule has 0 aliphatic rings. The van der Waals surface area contributed by atoms with Crippen LogP contribution in [0.3, 0.4) is 0 Å². The summed E-state index contributed by atoms with van der Waals surface area (Å²) in [4.78, 5) is 35.3. The van der Waals surface area contributed by atoms with Crippen molar-refractivity contribution in [3.8, 4) is 0 Å². The maximum absolute atomic E-state index is 12.7. The van der Waals surface area contributed by atoms with Crippen molar-refractivity contribution >= 4 is 19.8 Å². The zero-order valence-electron chi connectivity index (χ0n) is 37.6. The van der Waals surface area contributed by atoms with E-state index in [2.05, 4.69) is 62.5 Å². The molecule has 0 saturated carbocycles. The average Bonchev–Trinajstić information content (AvgIpc) is 3.18. The van der Waals surface area contributed by atoms with E-state index < -0.39 is 38.6 Å². The van der Waals surface area contributed by atoms with E-state index >= 15 is 0 Å². The van der Waals surface area contributed by atoms with Crippen molar-refractivity contribution in [1.82, 2.24) is 0 Å². The summed E-state index contributed by atoms with van der Waals surface area (Å²) >= 11 is 0. The van der Waals surface area contributed by atoms with Crippen LogP contribution in [0.5, 0.6) is 0 Å². The van der Waals surface area contributed by atoms with Gasteiger partial charge in [0.05, 0.1) is 33.9 Å². The number of ether oxygens (including phenoxy) is 2. The second kappa shape index (κ2) is 39.3. The Morgan fingerprint density at radius 1 is 0.610 bits per heavy atom. The molecule has 0 rings (SSSR count). The topological polar surface area (TPSA) is 129 Å². The maximum atomic E-state index is 12.7. The Hall–Kier alpha value is -2.85. The summed E-state index contributed by atoms with van der Waals surface area (Å²) in [5.74, 6) is -0.998. The molecular weight excluding hydrogens is 766 g/mol. The zero-order chi connectivity index (χ0) is 43.7. The predicted molar refractivity (Wildman–Crippen MR) is 244 cm³/mol. The number of likely N-dealkylation sites (N-methyl/N-ethyl adjacent to an activating group) is 1. The Morgan fingerprint density at radius 3 is 1.75 bits per heavy atom. The number of esters is 2. The number of phosphoric ester groups is 1. The first-order valence-electron chi connectivity index (χ1n) is 22.4. The predicted octanol–water partition coefficient (Wildman–Crippen LogP) is 11.8. The molecule has 10 nitrogen and oxygen atoms in total. The highest BCUT2D eigenvalue weighted by Gasteiger charge is 2.27. The summed E-state index contributed by atoms with van der Waals surface area (Å²) in [5, 5.41) is 10.2. The number of aliphatic hydroxyl groups excluding tert-OH is 1. The van der Waals surface area contributed by atoms with Gasteiger partial charge in [0.1, 0.15) is 19.8 Å². The number of allylic oxidation sites excluding steroid dienone is 12. The quantitative estimate of drug-likeness (QED) is 0.0155. The van der Waals surface area contributed by atoms with Gasteiger partial charge in [-0.05, 0) is 77.0 Å². The number of nitrogens with zero attached hydrogens (tertiary/aromatic N) is 1. The van der Waals surface area contributed by atoms with Gasteiger partial charge >= 0.3 is 19.8 Å². The summed E-state index contributed by atoms with van der Waals surface area (Å²) in [6, 6.07) is 0. The average molecular weight is 849 g/mol. The largest absolute Gasteiger partial charge is 0.472 e. The zero-order valence-corrected chi connectivity index (χ0v) is 38.5. The molecule has 0 bridgehead atoms. The van der Waals surface area contributed by atoms with Gasteiger partial charge in [0.25, 0.3) is 0 Å². The van der Waals surface area contributed by atoms with Gasteiger partial charge in [-0.3, -0.25) is 18.6 Å². The highest BCUT2D eigenvalue weighted by molar-refractivity contribution is 7.47. The summed E-state index contributed by atoms with van der Waals surface area (Å²) in [5.41, 5.74) is 0. The Morgan fingerprint density at radius 2 is 1.12 bits per heavy atom. The van der Waals surface area contributed by atoms with Crippen LogP contribution in [0.2, 0.25) is 0 Å². The molecule has 0 spiro atoms. The van der Waals surface area contributed by atoms with E-state index in [-0.39, 0.29) is 26.1 Å². The van der Waals surface area contributed by atoms with Gasteiger partial charge in [0.15, 0.2) is 6.10 Å². The van der Waals surface area contributed by atoms with Crippen LogP contribution < -0.4 is 0 Å². The third-order valence-corrected chi connectivity index (χ3v) is 9.96. The molecule has 2 N–H and O–H groups in total. The lowest BCUT2D eigenvalue weighted by atomic mass is 10.1. The molecule has 0 aromatic carbocycles. The first-order chi connectivity index (χ1) is 28.4. The summed E-state index contributed by atoms with van der Waals surface area (Å²) < 4.78 is 34.1. The third-order valence-electron chi connectivity index (χ3n) is 8.98. The first-order valence-corrected chi connectivity index (χ1v) is 23.9. The molecule has 0 fully saturated rings. The van der Waals surface area contributed by atoms with E-state index in [1.165, 1.54) is 57.8 Å². The minimum Gasteiger partial charge on any atom is -0.462 e. The molecule has 0 aromatic rings. The molecule has 0 aliphatic heterocycles. The number of hydrogen-bond acceptors (Lipinski definition) is 8. The fourth-order valence-electron chi connectivity index (χ4n) is 5.39. The van der Waals surface area contributed by atoms with E-state index in [0.29, 0.717) is 36.7 Å². The highest BCUT2D eigenvalue weighted by atomic mass is 31.2. The lowest BCUT2D eigenvalue weighted by molar-refractivity contribution is -0.870. The van der Waals surface area contributed by atoms with Crippen LogP contribution in [0.4, 0.5) is 0 Å². The van der Waals surface area contributed by atoms with Crippen LogP contribution in [-0.4, -0.2) is 86.1 Å². The van der Waals surface area contributed by atoms with Crippen molar-refractivity contribution in [3.05, 3.63) is 85.1 Å². The molecule has 3 atom stereocenters. The van der Waals surface area contributed by atoms with Crippen molar-refractivity contribution in [2.24, 2.45) is 0 Å². The van der Waals surface area contributed by atoms with Gasteiger partial charge in [0, 0.05) is 12.8 Å². The van der Waals surface area contributed by atoms with Crippen LogP contribution in [-0.2, 0) is 32.7 Å². The van der Waals surface area contributed by atoms with E-state index in [1.807, 2.05) is 45.4 Å². The normalized spacial score (nSPS) is 14.9. The monoisotopic (exact) mass is 849 g/mol. The Balaban J connectivity index is 4.63. The fraction of sp³-hybridized carbons (Fsp3) is 0.667. The van der Waals surface area contributed by atoms with Crippen molar-refractivity contribution in [3.63, 3.8) is 0 Å². The minimum atomic E-state index is -4.43. The smallest absolute Gasteiger partial charge is 0.462 e. The number of rotatable bonds is 39. The van der Waals surface area contributed by atoms with Gasteiger partial charge in [-0.1, -0.05) is 144 Å². The molecule has 0 saturated heterocycles. The molecule has 2 unspecified atom stereocenters. The second-order valence-electron chi connectivity index (χ2n) is 15.9. The number of phosphoric acid groups is 1. The van der Waals surface area contributed by atoms with Gasteiger partial charge < -0.3 is 24.0 Å². The van der Waals surface area contributed by atoms with Crippen LogP contribution in [0.25, 0.3) is 0 Å². The van der Waals surface area contributed by atoms with Crippen LogP contribution in [0.1, 0.15) is 149 Å². The number of unbranched alkanes of at least 4 members (excludes halogenated alkanes) is 11. The molecule has 59 heavy (non-hydrogen) atoms. The van der Waals surface area contributed by atoms with E-state index in [1.54, 1.807) is 12.2 Å². The first kappa shape index (κ1) is 56.1. The molecule has 338 valence electrons. The standard InChI is InChI=1S/C48H82NO9P/c1-6-8-10-12-14-16-17-18-19-20-21-22-23-25-27-31-35-39-47(51)55-43-46(44-57-59(53,54)56-42-41-49(3,4)5)58-48(52)40-36-32-28-30-34-38-45(50)37-33-29-26-24-15-13-11-9-7-2/h15,18-19,21-22,24-25,27-30,33-34,38,45-46,50H,6-14,16-17,20,23,26,31-32,35-37,39-44H2,1-5H3/p+1/b19-18-,22-21-,24-15-,27-25-,30-28+,33-29-,38-34-/t45?,46-/m1/s1. The minimum absolute atomic E-state index is 0.00596. The van der Waals surface area contributed by atoms with Crippen molar-refractivity contribution in [2.45, 2.75) is 161 Å². The van der Waals surface area contributed by atoms with Crippen molar-refractivity contribution in [2.75, 3.05) is 47.5 Å². The lowest BCUT2D eigenvalue weighted by Crippen LogP contribution is -2.37. The molecule has 0 aromatic heterocycles. The maximum Gasteiger partial charge on any atom is 0.472 e. The summed E-state index contributed by atoms with van der Waals surface area (Å²) in [7, 11) is 1.35. The van der Waals surface area contributed by atoms with E-state index in [0.717, 1.165) is 38.5 Å². The van der Waals surface area contributed by atoms with Gasteiger partial charge in [-0.25, -0.2) is 4.57 Å². The molecule has 0 radical (unpaired) electrons. The van der Waals surface area contributed by atoms with E-state index in [4.69, 9.17) is 18.5 Å². The van der Waals surface area contributed by atoms with Gasteiger partial charge in [0.2, 0.25) is 0 Å². The number of carbonyl (C=O) groups excluding carboxylic acids is 2. The summed E-state index contributed by atoms with van der Waals surface area (Å²) in [6.45, 7) is 4.13. The Labute approximate surface area is 359 Å². The van der Waals surface area contributed by atoms with Crippen LogP contribution in [0, 0.1) is 0 Å². The molecule has 11 heteroatoms. The van der Waals surface area contributed by atoms with Crippen molar-refractivity contribution in [1.29, 1.82) is 0 Å². The van der Waals surface area contributed by atoms with Gasteiger partial charge in [-0.15, -0.1) is 0 Å². The number of quaternary nitrogens is 1. The molecule has 0 amide bonds. The number of aliphatic hydroxyl groups is 1. The fourth-order valence-corrected chi connectivity index (χ4v) is 6.14. The lowest BCUT2D eigenvalue weighted by Gasteiger charge is -2.24. The second-order valence-corrected chi connectivity index (χ2v) is 17.4.